The zero-order chi connectivity index (χ0) is 23.2. The first-order chi connectivity index (χ1) is 15.1. The Morgan fingerprint density at radius 1 is 0.750 bits per heavy atom. The van der Waals surface area contributed by atoms with Crippen LogP contribution in [0.25, 0.3) is 11.1 Å². The second kappa shape index (κ2) is 8.56. The topological polar surface area (TPSA) is 0 Å². The lowest BCUT2D eigenvalue weighted by Crippen LogP contribution is -2.30. The highest BCUT2D eigenvalue weighted by atomic mass is 19.4. The number of alkyl halides is 3. The predicted molar refractivity (Wildman–Crippen MR) is 108 cm³/mol. The number of rotatable bonds is 3. The summed E-state index contributed by atoms with van der Waals surface area (Å²) in [6, 6.07) is 2.92. The molecule has 4 atom stereocenters. The van der Waals surface area contributed by atoms with E-state index in [4.69, 9.17) is 0 Å². The van der Waals surface area contributed by atoms with Gasteiger partial charge in [-0.05, 0) is 97.6 Å². The Morgan fingerprint density at radius 3 is 1.88 bits per heavy atom. The van der Waals surface area contributed by atoms with E-state index in [-0.39, 0.29) is 5.92 Å². The van der Waals surface area contributed by atoms with E-state index in [9.17, 15) is 30.7 Å². The normalized spacial score (nSPS) is 26.0. The molecule has 0 saturated heterocycles. The molecular weight excluding hydrogens is 433 g/mol. The van der Waals surface area contributed by atoms with Gasteiger partial charge in [-0.1, -0.05) is 6.08 Å². The van der Waals surface area contributed by atoms with Gasteiger partial charge in [-0.2, -0.15) is 13.2 Å². The first-order valence-corrected chi connectivity index (χ1v) is 10.8. The number of halogens is 7. The van der Waals surface area contributed by atoms with E-state index in [1.807, 2.05) is 6.08 Å². The molecule has 0 heterocycles. The lowest BCUT2D eigenvalue weighted by molar-refractivity contribution is -0.142. The van der Waals surface area contributed by atoms with Crippen LogP contribution in [0.3, 0.4) is 0 Å². The van der Waals surface area contributed by atoms with E-state index >= 15 is 0 Å². The van der Waals surface area contributed by atoms with Gasteiger partial charge in [0.2, 0.25) is 0 Å². The minimum Gasteiger partial charge on any atom is -0.206 e. The summed E-state index contributed by atoms with van der Waals surface area (Å²) in [5.41, 5.74) is -2.95. The van der Waals surface area contributed by atoms with Crippen LogP contribution in [0.2, 0.25) is 0 Å². The number of allylic oxidation sites excluding steroid dienone is 1. The maximum Gasteiger partial charge on any atom is 0.422 e. The van der Waals surface area contributed by atoms with Crippen LogP contribution in [-0.4, -0.2) is 0 Å². The molecule has 4 unspecified atom stereocenters. The van der Waals surface area contributed by atoms with Crippen LogP contribution < -0.4 is 0 Å². The average Bonchev–Trinajstić information content (AvgIpc) is 2.70. The second-order valence-electron chi connectivity index (χ2n) is 9.01. The molecule has 0 nitrogen and oxygen atoms in total. The summed E-state index contributed by atoms with van der Waals surface area (Å²) in [6.07, 6.45) is 2.50. The lowest BCUT2D eigenvalue weighted by atomic mass is 9.64. The maximum atomic E-state index is 14.9. The molecule has 0 aromatic heterocycles. The quantitative estimate of drug-likeness (QED) is 0.321. The van der Waals surface area contributed by atoms with Crippen LogP contribution in [-0.2, 0) is 6.18 Å². The van der Waals surface area contributed by atoms with Crippen molar-refractivity contribution in [2.24, 2.45) is 17.8 Å². The summed E-state index contributed by atoms with van der Waals surface area (Å²) in [4.78, 5) is 0. The summed E-state index contributed by atoms with van der Waals surface area (Å²) < 4.78 is 95.9. The molecule has 2 aromatic carbocycles. The summed E-state index contributed by atoms with van der Waals surface area (Å²) in [5.74, 6) is -4.37. The van der Waals surface area contributed by atoms with Crippen LogP contribution >= 0.6 is 0 Å². The van der Waals surface area contributed by atoms with Gasteiger partial charge in [0.25, 0.3) is 0 Å². The van der Waals surface area contributed by atoms with E-state index in [1.54, 1.807) is 0 Å². The number of hydrogen-bond donors (Lipinski definition) is 0. The summed E-state index contributed by atoms with van der Waals surface area (Å²) >= 11 is 0. The molecule has 0 amide bonds. The molecule has 0 bridgehead atoms. The summed E-state index contributed by atoms with van der Waals surface area (Å²) in [6.45, 7) is 3.88. The summed E-state index contributed by atoms with van der Waals surface area (Å²) in [5, 5.41) is 0. The number of hydrogen-bond acceptors (Lipinski definition) is 0. The average molecular weight is 456 g/mol. The first kappa shape index (κ1) is 22.9. The van der Waals surface area contributed by atoms with Crippen LogP contribution in [0.1, 0.15) is 55.6 Å². The van der Waals surface area contributed by atoms with E-state index < -0.39 is 46.1 Å². The molecule has 4 rings (SSSR count). The zero-order valence-electron chi connectivity index (χ0n) is 17.3. The van der Waals surface area contributed by atoms with Gasteiger partial charge in [0.05, 0.1) is 5.56 Å². The van der Waals surface area contributed by atoms with Gasteiger partial charge in [0.15, 0.2) is 0 Å². The number of benzene rings is 2. The van der Waals surface area contributed by atoms with Crippen molar-refractivity contribution in [1.82, 2.24) is 0 Å². The van der Waals surface area contributed by atoms with Crippen molar-refractivity contribution in [2.45, 2.75) is 50.6 Å². The molecule has 2 saturated carbocycles. The highest BCUT2D eigenvalue weighted by Crippen LogP contribution is 2.48. The Kier molecular flexibility index (Phi) is 6.12. The van der Waals surface area contributed by atoms with Crippen LogP contribution in [0.15, 0.2) is 36.9 Å². The summed E-state index contributed by atoms with van der Waals surface area (Å²) in [7, 11) is 0. The largest absolute Gasteiger partial charge is 0.422 e. The Morgan fingerprint density at radius 2 is 1.31 bits per heavy atom. The molecule has 2 aliphatic rings. The maximum absolute atomic E-state index is 14.9. The molecule has 172 valence electrons. The Bertz CT molecular complexity index is 977. The van der Waals surface area contributed by atoms with Crippen LogP contribution in [0.5, 0.6) is 0 Å². The molecule has 0 spiro atoms. The van der Waals surface area contributed by atoms with Gasteiger partial charge in [-0.25, -0.2) is 17.6 Å². The minimum atomic E-state index is -5.25. The molecule has 7 heteroatoms. The van der Waals surface area contributed by atoms with E-state index in [1.165, 1.54) is 0 Å². The Balaban J connectivity index is 1.61. The van der Waals surface area contributed by atoms with Gasteiger partial charge >= 0.3 is 6.18 Å². The van der Waals surface area contributed by atoms with Crippen LogP contribution in [0, 0.1) is 41.0 Å². The van der Waals surface area contributed by atoms with Gasteiger partial charge in [0, 0.05) is 0 Å². The molecule has 0 radical (unpaired) electrons. The third-order valence-electron chi connectivity index (χ3n) is 7.14. The molecule has 2 fully saturated rings. The highest BCUT2D eigenvalue weighted by Gasteiger charge is 2.39. The zero-order valence-corrected chi connectivity index (χ0v) is 17.3. The molecule has 2 aromatic rings. The predicted octanol–water partition coefficient (Wildman–Crippen LogP) is 8.41. The molecular formula is C25H23F7. The monoisotopic (exact) mass is 456 g/mol. The van der Waals surface area contributed by atoms with Crippen molar-refractivity contribution in [1.29, 1.82) is 0 Å². The van der Waals surface area contributed by atoms with Gasteiger partial charge in [0.1, 0.15) is 28.8 Å². The number of fused-ring (bicyclic) bond motifs is 1. The molecule has 32 heavy (non-hydrogen) atoms. The molecule has 2 aliphatic carbocycles. The van der Waals surface area contributed by atoms with Crippen molar-refractivity contribution >= 4 is 0 Å². The smallest absolute Gasteiger partial charge is 0.206 e. The van der Waals surface area contributed by atoms with E-state index in [2.05, 4.69) is 6.58 Å². The van der Waals surface area contributed by atoms with Crippen molar-refractivity contribution in [3.8, 4) is 11.1 Å². The van der Waals surface area contributed by atoms with E-state index in [0.29, 0.717) is 35.4 Å². The fourth-order valence-electron chi connectivity index (χ4n) is 5.53. The Hall–Kier alpha value is -2.31. The fourth-order valence-corrected chi connectivity index (χ4v) is 5.53. The lowest BCUT2D eigenvalue weighted by Gasteiger charge is -2.41. The SMILES string of the molecule is C=CC1CCC2CC(c3cc(F)c(-c4cc(F)c(C(F)(F)F)c(F)c4)c(F)c3)CCC2C1. The van der Waals surface area contributed by atoms with Crippen molar-refractivity contribution in [3.05, 3.63) is 71.3 Å². The highest BCUT2D eigenvalue weighted by molar-refractivity contribution is 5.66. The third-order valence-corrected chi connectivity index (χ3v) is 7.14. The van der Waals surface area contributed by atoms with Gasteiger partial charge in [-0.3, -0.25) is 0 Å². The third kappa shape index (κ3) is 4.30. The minimum absolute atomic E-state index is 0.0318. The van der Waals surface area contributed by atoms with Gasteiger partial charge < -0.3 is 0 Å². The van der Waals surface area contributed by atoms with Gasteiger partial charge in [-0.15, -0.1) is 6.58 Å². The Labute approximate surface area is 182 Å². The molecule has 0 N–H and O–H groups in total. The van der Waals surface area contributed by atoms with E-state index in [0.717, 1.165) is 50.7 Å². The van der Waals surface area contributed by atoms with Crippen molar-refractivity contribution in [3.63, 3.8) is 0 Å². The van der Waals surface area contributed by atoms with Crippen molar-refractivity contribution in [2.75, 3.05) is 0 Å². The first-order valence-electron chi connectivity index (χ1n) is 10.8. The van der Waals surface area contributed by atoms with Crippen LogP contribution in [0.4, 0.5) is 30.7 Å². The standard InChI is InChI=1S/C25H23F7/c1-2-13-3-4-15-8-16(6-5-14(15)7-13)17-9-19(26)23(20(27)10-17)18-11-21(28)24(22(29)12-18)25(30,31)32/h2,9-16H,1,3-8H2. The van der Waals surface area contributed by atoms with Crippen molar-refractivity contribution < 1.29 is 30.7 Å². The molecule has 0 aliphatic heterocycles. The fraction of sp³-hybridized carbons (Fsp3) is 0.440. The second-order valence-corrected chi connectivity index (χ2v) is 9.01.